The summed E-state index contributed by atoms with van der Waals surface area (Å²) in [7, 11) is -2.25. The van der Waals surface area contributed by atoms with E-state index in [2.05, 4.69) is 121 Å². The average Bonchev–Trinajstić information content (AvgIpc) is 4.21. The van der Waals surface area contributed by atoms with E-state index in [9.17, 15) is 0 Å². The van der Waals surface area contributed by atoms with E-state index in [0.717, 1.165) is 55.6 Å². The van der Waals surface area contributed by atoms with Gasteiger partial charge in [0.25, 0.3) is 0 Å². The Balaban J connectivity index is 0.899. The van der Waals surface area contributed by atoms with E-state index in [-0.39, 0.29) is 12.1 Å². The fourth-order valence-corrected chi connectivity index (χ4v) is 12.1. The molecule has 73 heavy (non-hydrogen) atoms. The molecule has 3 fully saturated rings. The second kappa shape index (κ2) is 19.9. The number of nitrogens with zero attached hydrogens (tertiary/aromatic N) is 1. The average molecular weight is 983 g/mol. The van der Waals surface area contributed by atoms with Gasteiger partial charge < -0.3 is 28.8 Å². The molecule has 4 heterocycles. The monoisotopic (exact) mass is 982 g/mol. The second-order valence-corrected chi connectivity index (χ2v) is 20.2. The van der Waals surface area contributed by atoms with Gasteiger partial charge in [0.2, 0.25) is 5.90 Å². The largest absolute Gasteiger partial charge is 0.476 e. The molecule has 3 saturated heterocycles. The van der Waals surface area contributed by atoms with Crippen LogP contribution in [-0.4, -0.2) is 37.1 Å². The lowest BCUT2D eigenvalue weighted by molar-refractivity contribution is -0.175. The number of nitrogens with one attached hydrogen (secondary N) is 1. The van der Waals surface area contributed by atoms with Crippen molar-refractivity contribution in [1.82, 2.24) is 5.32 Å². The summed E-state index contributed by atoms with van der Waals surface area (Å²) >= 11 is 0. The Morgan fingerprint density at radius 1 is 0.534 bits per heavy atom. The molecular weight excluding hydrogens is 928 g/mol. The van der Waals surface area contributed by atoms with Gasteiger partial charge in [-0.1, -0.05) is 218 Å². The Bertz CT molecular complexity index is 3030. The molecule has 4 aliphatic heterocycles. The molecule has 0 radical (unpaired) electrons. The summed E-state index contributed by atoms with van der Waals surface area (Å²) < 4.78 is 49.4. The molecule has 9 nitrogen and oxygen atoms in total. The zero-order valence-corrected chi connectivity index (χ0v) is 41.5. The highest BCUT2D eigenvalue weighted by atomic mass is 31.2. The van der Waals surface area contributed by atoms with Crippen molar-refractivity contribution in [1.29, 1.82) is 0 Å². The van der Waals surface area contributed by atoms with Crippen LogP contribution in [0.3, 0.4) is 0 Å². The van der Waals surface area contributed by atoms with Crippen molar-refractivity contribution in [2.24, 2.45) is 4.99 Å². The first-order valence-electron chi connectivity index (χ1n) is 24.9. The van der Waals surface area contributed by atoms with Gasteiger partial charge in [-0.3, -0.25) is 9.05 Å². The Hall–Kier alpha value is -7.36. The summed E-state index contributed by atoms with van der Waals surface area (Å²) in [5, 5.41) is 3.65. The van der Waals surface area contributed by atoms with Gasteiger partial charge in [-0.05, 0) is 76.1 Å². The molecule has 4 atom stereocenters. The molecule has 0 amide bonds. The van der Waals surface area contributed by atoms with Crippen LogP contribution in [0.4, 0.5) is 0 Å². The lowest BCUT2D eigenvalue weighted by Gasteiger charge is -2.41. The molecule has 364 valence electrons. The number of benzene rings is 8. The highest BCUT2D eigenvalue weighted by molar-refractivity contribution is 7.42. The number of hydrogen-bond acceptors (Lipinski definition) is 9. The lowest BCUT2D eigenvalue weighted by atomic mass is 9.72. The highest BCUT2D eigenvalue weighted by Gasteiger charge is 2.67. The van der Waals surface area contributed by atoms with Crippen LogP contribution in [0.2, 0.25) is 0 Å². The summed E-state index contributed by atoms with van der Waals surface area (Å²) in [6.07, 6.45) is -0.888. The summed E-state index contributed by atoms with van der Waals surface area (Å²) in [5.74, 6) is 0.866. The van der Waals surface area contributed by atoms with Crippen LogP contribution in [0.25, 0.3) is 11.1 Å². The van der Waals surface area contributed by atoms with E-state index in [4.69, 9.17) is 37.5 Å². The molecule has 0 spiro atoms. The fraction of sp³-hybridized carbons (Fsp3) is 0.190. The van der Waals surface area contributed by atoms with E-state index in [1.165, 1.54) is 0 Å². The maximum atomic E-state index is 7.60. The molecule has 12 rings (SSSR count). The summed E-state index contributed by atoms with van der Waals surface area (Å²) in [4.78, 5) is 5.10. The van der Waals surface area contributed by atoms with E-state index in [1.807, 2.05) is 129 Å². The molecular formula is C63H55N2O7P. The Kier molecular flexibility index (Phi) is 12.7. The van der Waals surface area contributed by atoms with Crippen LogP contribution < -0.4 is 9.84 Å². The van der Waals surface area contributed by atoms with Crippen molar-refractivity contribution >= 4 is 14.5 Å². The number of aliphatic imine (C=N–C) groups is 1. The number of ether oxygens (including phenoxy) is 4. The minimum atomic E-state index is -2.25. The van der Waals surface area contributed by atoms with E-state index in [1.54, 1.807) is 0 Å². The van der Waals surface area contributed by atoms with Crippen LogP contribution >= 0.6 is 8.60 Å². The maximum absolute atomic E-state index is 7.60. The third-order valence-electron chi connectivity index (χ3n) is 14.1. The molecule has 0 unspecified atom stereocenters. The molecule has 4 aliphatic rings. The number of rotatable bonds is 12. The van der Waals surface area contributed by atoms with Gasteiger partial charge in [0.15, 0.2) is 22.9 Å². The fourth-order valence-electron chi connectivity index (χ4n) is 10.6. The third-order valence-corrected chi connectivity index (χ3v) is 15.3. The Morgan fingerprint density at radius 2 is 1.03 bits per heavy atom. The molecule has 0 saturated carbocycles. The lowest BCUT2D eigenvalue weighted by Crippen LogP contribution is -2.53. The van der Waals surface area contributed by atoms with Crippen molar-refractivity contribution in [3.8, 4) is 16.9 Å². The quantitative estimate of drug-likeness (QED) is 0.121. The number of hydrogen-bond donors (Lipinski definition) is 1. The normalized spacial score (nSPS) is 22.4. The van der Waals surface area contributed by atoms with E-state index < -0.39 is 37.8 Å². The smallest absolute Gasteiger partial charge is 0.399 e. The van der Waals surface area contributed by atoms with Crippen LogP contribution in [0, 0.1) is 0 Å². The van der Waals surface area contributed by atoms with Crippen molar-refractivity contribution in [2.75, 3.05) is 13.2 Å². The maximum Gasteiger partial charge on any atom is 0.399 e. The van der Waals surface area contributed by atoms with Gasteiger partial charge >= 0.3 is 8.60 Å². The number of fused-ring (bicyclic) bond motifs is 1. The molecule has 0 aliphatic carbocycles. The second-order valence-electron chi connectivity index (χ2n) is 19.2. The zero-order valence-electron chi connectivity index (χ0n) is 40.6. The van der Waals surface area contributed by atoms with Gasteiger partial charge in [-0.25, -0.2) is 4.99 Å². The highest BCUT2D eigenvalue weighted by Crippen LogP contribution is 2.65. The van der Waals surface area contributed by atoms with Crippen LogP contribution in [0.5, 0.6) is 5.75 Å². The van der Waals surface area contributed by atoms with Crippen LogP contribution in [0.15, 0.2) is 247 Å². The standard InChI is InChI=1S/C63H55N2O7P/c1-61(2)68-57-58(69-61)63(51-31-17-7-18-32-51,52-33-19-8-20-34-52)72-73(71-62(57,49-27-13-5-14-28-49)50-29-15-6-16-30-50)70-53-35-21-26-48(41-53)45-38-36-44(37-39-45)40-54(59-64-55(42-66-59)46-22-9-3-10-23-46)60-65-56(43-67-60)47-24-11-4-12-25-47/h3-39,41,55-58,64H,40,42-43H2,1-2H3/b59-54+/t55-,56-,57-,58-/m1/s1. The molecule has 0 aromatic heterocycles. The van der Waals surface area contributed by atoms with Crippen molar-refractivity contribution in [2.45, 2.75) is 61.5 Å². The first-order valence-corrected chi connectivity index (χ1v) is 26.0. The van der Waals surface area contributed by atoms with Crippen LogP contribution in [0.1, 0.15) is 64.9 Å². The van der Waals surface area contributed by atoms with Crippen LogP contribution in [-0.2, 0) is 45.6 Å². The summed E-state index contributed by atoms with van der Waals surface area (Å²) in [6.45, 7) is 4.89. The van der Waals surface area contributed by atoms with Crippen molar-refractivity contribution in [3.63, 3.8) is 0 Å². The van der Waals surface area contributed by atoms with Gasteiger partial charge in [0, 0.05) is 6.42 Å². The first kappa shape index (κ1) is 46.7. The summed E-state index contributed by atoms with van der Waals surface area (Å²) in [5.41, 5.74) is 7.27. The van der Waals surface area contributed by atoms with Crippen molar-refractivity contribution in [3.05, 3.63) is 281 Å². The minimum Gasteiger partial charge on any atom is -0.476 e. The zero-order chi connectivity index (χ0) is 49.2. The first-order chi connectivity index (χ1) is 35.8. The molecule has 8 aromatic rings. The van der Waals surface area contributed by atoms with Gasteiger partial charge in [-0.15, -0.1) is 0 Å². The molecule has 10 heteroatoms. The Labute approximate surface area is 428 Å². The predicted molar refractivity (Wildman–Crippen MR) is 284 cm³/mol. The minimum absolute atomic E-state index is 0.0138. The van der Waals surface area contributed by atoms with E-state index >= 15 is 0 Å². The summed E-state index contributed by atoms with van der Waals surface area (Å²) in [6, 6.07) is 78.2. The Morgan fingerprint density at radius 3 is 1.55 bits per heavy atom. The molecule has 8 aromatic carbocycles. The SMILES string of the molecule is CC1(C)O[C@@H]2[C@@H](O1)C(c1ccccc1)(c1ccccc1)OP(Oc1cccc(-c3ccc(C/C(C4=N[C@@H](c5ccccc5)CO4)=C4/N[C@@H](c5ccccc5)CO4)cc3)c1)OC2(c1ccccc1)c1ccccc1. The van der Waals surface area contributed by atoms with Crippen molar-refractivity contribution < 1.29 is 32.5 Å². The topological polar surface area (TPSA) is 89.0 Å². The predicted octanol–water partition coefficient (Wildman–Crippen LogP) is 13.7. The molecule has 1 N–H and O–H groups in total. The molecule has 0 bridgehead atoms. The third kappa shape index (κ3) is 9.13. The van der Waals surface area contributed by atoms with Gasteiger partial charge in [-0.2, -0.15) is 0 Å². The van der Waals surface area contributed by atoms with E-state index in [0.29, 0.717) is 37.2 Å². The van der Waals surface area contributed by atoms with Gasteiger partial charge in [0.05, 0.1) is 11.6 Å². The van der Waals surface area contributed by atoms with Gasteiger partial charge in [0.1, 0.15) is 37.2 Å².